The molecule has 7 heteroatoms. The minimum absolute atomic E-state index is 0.0878. The molecule has 0 fully saturated rings. The number of amides is 1. The maximum Gasteiger partial charge on any atom is 0.258 e. The van der Waals surface area contributed by atoms with Crippen molar-refractivity contribution in [1.29, 1.82) is 0 Å². The van der Waals surface area contributed by atoms with Gasteiger partial charge < -0.3 is 11.1 Å². The Balaban J connectivity index is 2.30. The number of nitrogen functional groups attached to an aromatic ring is 1. The van der Waals surface area contributed by atoms with E-state index in [0.29, 0.717) is 20.9 Å². The van der Waals surface area contributed by atoms with Gasteiger partial charge in [-0.25, -0.2) is 4.98 Å². The Morgan fingerprint density at radius 1 is 1.32 bits per heavy atom. The number of benzene rings is 1. The number of nitrogens with two attached hydrogens (primary N) is 1. The molecule has 0 aliphatic heterocycles. The number of rotatable bonds is 2. The van der Waals surface area contributed by atoms with Crippen LogP contribution < -0.4 is 11.1 Å². The van der Waals surface area contributed by atoms with Crippen molar-refractivity contribution >= 4 is 56.4 Å². The third kappa shape index (κ3) is 3.37. The van der Waals surface area contributed by atoms with Crippen LogP contribution in [0, 0.1) is 0 Å². The maximum absolute atomic E-state index is 12.1. The standard InChI is InChI=1S/C12H8BrCl2N3O/c13-9-2-1-6(14)3-10(9)18-12(19)8-4-7(16)5-17-11(8)15/h1-5H,16H2,(H,18,19). The molecule has 1 aromatic heterocycles. The molecule has 0 bridgehead atoms. The first-order valence-electron chi connectivity index (χ1n) is 5.15. The summed E-state index contributed by atoms with van der Waals surface area (Å²) in [4.78, 5) is 15.9. The van der Waals surface area contributed by atoms with E-state index >= 15 is 0 Å². The van der Waals surface area contributed by atoms with Gasteiger partial charge in [0, 0.05) is 9.50 Å². The summed E-state index contributed by atoms with van der Waals surface area (Å²) in [6.07, 6.45) is 1.38. The van der Waals surface area contributed by atoms with Crippen molar-refractivity contribution in [2.75, 3.05) is 11.1 Å². The first kappa shape index (κ1) is 14.1. The lowest BCUT2D eigenvalue weighted by Gasteiger charge is -2.09. The van der Waals surface area contributed by atoms with Crippen LogP contribution in [0.4, 0.5) is 11.4 Å². The maximum atomic E-state index is 12.1. The molecule has 4 nitrogen and oxygen atoms in total. The number of hydrogen-bond acceptors (Lipinski definition) is 3. The first-order chi connectivity index (χ1) is 8.97. The van der Waals surface area contributed by atoms with Gasteiger partial charge in [0.2, 0.25) is 0 Å². The van der Waals surface area contributed by atoms with E-state index in [-0.39, 0.29) is 10.7 Å². The zero-order chi connectivity index (χ0) is 14.0. The highest BCUT2D eigenvalue weighted by Gasteiger charge is 2.13. The number of pyridine rings is 1. The fourth-order valence-corrected chi connectivity index (χ4v) is 2.11. The molecule has 3 N–H and O–H groups in total. The Labute approximate surface area is 128 Å². The average Bonchev–Trinajstić information content (AvgIpc) is 2.36. The van der Waals surface area contributed by atoms with Crippen molar-refractivity contribution in [1.82, 2.24) is 4.98 Å². The lowest BCUT2D eigenvalue weighted by molar-refractivity contribution is 0.102. The van der Waals surface area contributed by atoms with Gasteiger partial charge in [0.05, 0.1) is 23.1 Å². The molecular formula is C12H8BrCl2N3O. The number of nitrogens with zero attached hydrogens (tertiary/aromatic N) is 1. The highest BCUT2D eigenvalue weighted by Crippen LogP contribution is 2.27. The minimum Gasteiger partial charge on any atom is -0.397 e. The molecule has 0 saturated carbocycles. The Morgan fingerprint density at radius 3 is 2.79 bits per heavy atom. The number of hydrogen-bond donors (Lipinski definition) is 2. The van der Waals surface area contributed by atoms with E-state index in [1.165, 1.54) is 12.3 Å². The second-order valence-electron chi connectivity index (χ2n) is 3.69. The average molecular weight is 361 g/mol. The molecule has 1 aromatic carbocycles. The Morgan fingerprint density at radius 2 is 2.05 bits per heavy atom. The van der Waals surface area contributed by atoms with Gasteiger partial charge in [-0.05, 0) is 40.2 Å². The molecule has 1 heterocycles. The van der Waals surface area contributed by atoms with Gasteiger partial charge in [-0.2, -0.15) is 0 Å². The van der Waals surface area contributed by atoms with Crippen molar-refractivity contribution < 1.29 is 4.79 Å². The molecule has 0 aliphatic rings. The van der Waals surface area contributed by atoms with Gasteiger partial charge >= 0.3 is 0 Å². The van der Waals surface area contributed by atoms with Crippen LogP contribution in [0.3, 0.4) is 0 Å². The Hall–Kier alpha value is -1.30. The Kier molecular flexibility index (Phi) is 4.29. The van der Waals surface area contributed by atoms with E-state index in [2.05, 4.69) is 26.2 Å². The summed E-state index contributed by atoms with van der Waals surface area (Å²) >= 11 is 15.1. The fourth-order valence-electron chi connectivity index (χ4n) is 1.41. The summed E-state index contributed by atoms with van der Waals surface area (Å²) in [7, 11) is 0. The molecule has 1 amide bonds. The molecular weight excluding hydrogens is 353 g/mol. The minimum atomic E-state index is -0.409. The molecule has 0 atom stereocenters. The van der Waals surface area contributed by atoms with E-state index in [9.17, 15) is 4.79 Å². The van der Waals surface area contributed by atoms with Gasteiger partial charge in [0.15, 0.2) is 0 Å². The van der Waals surface area contributed by atoms with Crippen molar-refractivity contribution in [3.05, 3.63) is 50.7 Å². The van der Waals surface area contributed by atoms with Crippen LogP contribution in [0.15, 0.2) is 34.9 Å². The quantitative estimate of drug-likeness (QED) is 0.795. The molecule has 0 radical (unpaired) electrons. The third-order valence-corrected chi connectivity index (χ3v) is 3.51. The van der Waals surface area contributed by atoms with Crippen LogP contribution >= 0.6 is 39.1 Å². The number of nitrogens with one attached hydrogen (secondary N) is 1. The van der Waals surface area contributed by atoms with E-state index in [4.69, 9.17) is 28.9 Å². The number of halogens is 3. The van der Waals surface area contributed by atoms with Gasteiger partial charge in [0.25, 0.3) is 5.91 Å². The zero-order valence-electron chi connectivity index (χ0n) is 9.45. The molecule has 2 rings (SSSR count). The predicted octanol–water partition coefficient (Wildman–Crippen LogP) is 3.99. The SMILES string of the molecule is Nc1cnc(Cl)c(C(=O)Nc2cc(Cl)ccc2Br)c1. The van der Waals surface area contributed by atoms with Gasteiger partial charge in [-0.15, -0.1) is 0 Å². The second kappa shape index (κ2) is 5.77. The zero-order valence-corrected chi connectivity index (χ0v) is 12.6. The van der Waals surface area contributed by atoms with Gasteiger partial charge in [-0.3, -0.25) is 4.79 Å². The largest absolute Gasteiger partial charge is 0.397 e. The second-order valence-corrected chi connectivity index (χ2v) is 5.33. The van der Waals surface area contributed by atoms with Crippen molar-refractivity contribution in [2.45, 2.75) is 0 Å². The van der Waals surface area contributed by atoms with E-state index in [0.717, 1.165) is 0 Å². The number of anilines is 2. The van der Waals surface area contributed by atoms with Crippen LogP contribution in [-0.2, 0) is 0 Å². The highest BCUT2D eigenvalue weighted by atomic mass is 79.9. The first-order valence-corrected chi connectivity index (χ1v) is 6.69. The molecule has 98 valence electrons. The van der Waals surface area contributed by atoms with Gasteiger partial charge in [0.1, 0.15) is 5.15 Å². The molecule has 0 saturated heterocycles. The lowest BCUT2D eigenvalue weighted by Crippen LogP contribution is -2.13. The van der Waals surface area contributed by atoms with Crippen molar-refractivity contribution in [3.8, 4) is 0 Å². The van der Waals surface area contributed by atoms with Crippen LogP contribution in [0.1, 0.15) is 10.4 Å². The smallest absolute Gasteiger partial charge is 0.258 e. The molecule has 0 aliphatic carbocycles. The highest BCUT2D eigenvalue weighted by molar-refractivity contribution is 9.10. The van der Waals surface area contributed by atoms with Crippen LogP contribution in [0.5, 0.6) is 0 Å². The molecule has 19 heavy (non-hydrogen) atoms. The van der Waals surface area contributed by atoms with Crippen molar-refractivity contribution in [3.63, 3.8) is 0 Å². The summed E-state index contributed by atoms with van der Waals surface area (Å²) in [5.41, 5.74) is 6.68. The van der Waals surface area contributed by atoms with Gasteiger partial charge in [-0.1, -0.05) is 23.2 Å². The van der Waals surface area contributed by atoms with Crippen LogP contribution in [0.2, 0.25) is 10.2 Å². The van der Waals surface area contributed by atoms with Crippen LogP contribution in [0.25, 0.3) is 0 Å². The summed E-state index contributed by atoms with van der Waals surface area (Å²) in [5, 5.41) is 3.28. The monoisotopic (exact) mass is 359 g/mol. The molecule has 0 spiro atoms. The predicted molar refractivity (Wildman–Crippen MR) is 80.8 cm³/mol. The third-order valence-electron chi connectivity index (χ3n) is 2.28. The topological polar surface area (TPSA) is 68.0 Å². The normalized spacial score (nSPS) is 10.3. The van der Waals surface area contributed by atoms with Crippen molar-refractivity contribution in [2.24, 2.45) is 0 Å². The van der Waals surface area contributed by atoms with Crippen LogP contribution in [-0.4, -0.2) is 10.9 Å². The number of carbonyl (C=O) groups excluding carboxylic acids is 1. The summed E-state index contributed by atoms with van der Waals surface area (Å²) in [6.45, 7) is 0. The fraction of sp³-hybridized carbons (Fsp3) is 0. The number of aromatic nitrogens is 1. The summed E-state index contributed by atoms with van der Waals surface area (Å²) in [6, 6.07) is 6.52. The van der Waals surface area contributed by atoms with E-state index in [1.807, 2.05) is 0 Å². The number of carbonyl (C=O) groups is 1. The summed E-state index contributed by atoms with van der Waals surface area (Å²) < 4.78 is 0.707. The lowest BCUT2D eigenvalue weighted by atomic mass is 10.2. The van der Waals surface area contributed by atoms with E-state index in [1.54, 1.807) is 18.2 Å². The summed E-state index contributed by atoms with van der Waals surface area (Å²) in [5.74, 6) is -0.409. The molecule has 0 unspecified atom stereocenters. The Bertz CT molecular complexity index is 649. The van der Waals surface area contributed by atoms with E-state index < -0.39 is 5.91 Å². The molecule has 2 aromatic rings.